The van der Waals surface area contributed by atoms with E-state index in [9.17, 15) is 0 Å². The minimum Gasteiger partial charge on any atom is -0.346 e. The number of nitrogens with two attached hydrogens (primary N) is 1. The molecule has 0 aliphatic carbocycles. The summed E-state index contributed by atoms with van der Waals surface area (Å²) in [6.07, 6.45) is 2.07. The first-order chi connectivity index (χ1) is 6.40. The summed E-state index contributed by atoms with van der Waals surface area (Å²) in [5.41, 5.74) is 8.14. The van der Waals surface area contributed by atoms with Crippen LogP contribution in [0, 0.1) is 0 Å². The minimum atomic E-state index is 0.608. The molecule has 0 aliphatic heterocycles. The summed E-state index contributed by atoms with van der Waals surface area (Å²) in [4.78, 5) is 0. The van der Waals surface area contributed by atoms with Crippen LogP contribution in [0.1, 0.15) is 11.3 Å². The second-order valence-electron chi connectivity index (χ2n) is 2.96. The van der Waals surface area contributed by atoms with Crippen molar-refractivity contribution in [2.75, 3.05) is 0 Å². The van der Waals surface area contributed by atoms with Gasteiger partial charge in [0.05, 0.1) is 0 Å². The molecule has 0 radical (unpaired) electrons. The molecule has 2 heterocycles. The Bertz CT molecular complexity index is 362. The standard InChI is InChI=1S/C10H12N2S/c11-6-10-2-1-4-12(10)7-9-3-5-13-8-9/h1-5,8H,6-7,11H2. The fraction of sp³-hybridized carbons (Fsp3) is 0.200. The summed E-state index contributed by atoms with van der Waals surface area (Å²) in [5.74, 6) is 0. The van der Waals surface area contributed by atoms with Crippen LogP contribution in [-0.2, 0) is 13.1 Å². The Morgan fingerprint density at radius 1 is 1.38 bits per heavy atom. The monoisotopic (exact) mass is 192 g/mol. The molecule has 0 spiro atoms. The molecule has 2 nitrogen and oxygen atoms in total. The van der Waals surface area contributed by atoms with E-state index in [2.05, 4.69) is 33.7 Å². The molecule has 2 rings (SSSR count). The number of nitrogens with zero attached hydrogens (tertiary/aromatic N) is 1. The van der Waals surface area contributed by atoms with E-state index in [0.717, 1.165) is 6.54 Å². The van der Waals surface area contributed by atoms with Gasteiger partial charge >= 0.3 is 0 Å². The molecule has 2 aromatic rings. The van der Waals surface area contributed by atoms with Crippen molar-refractivity contribution >= 4 is 11.3 Å². The number of hydrogen-bond acceptors (Lipinski definition) is 2. The molecule has 0 saturated carbocycles. The van der Waals surface area contributed by atoms with Crippen molar-refractivity contribution in [1.29, 1.82) is 0 Å². The molecule has 0 bridgehead atoms. The third-order valence-electron chi connectivity index (χ3n) is 2.07. The highest BCUT2D eigenvalue weighted by molar-refractivity contribution is 7.07. The lowest BCUT2D eigenvalue weighted by Crippen LogP contribution is -2.06. The maximum atomic E-state index is 5.61. The van der Waals surface area contributed by atoms with Crippen LogP contribution in [0.2, 0.25) is 0 Å². The second kappa shape index (κ2) is 3.77. The molecule has 0 atom stereocenters. The molecule has 0 saturated heterocycles. The molecular formula is C10H12N2S. The van der Waals surface area contributed by atoms with Crippen molar-refractivity contribution in [3.05, 3.63) is 46.4 Å². The van der Waals surface area contributed by atoms with E-state index in [1.165, 1.54) is 11.3 Å². The zero-order chi connectivity index (χ0) is 9.10. The summed E-state index contributed by atoms with van der Waals surface area (Å²) in [6.45, 7) is 1.54. The van der Waals surface area contributed by atoms with Crippen molar-refractivity contribution in [3.8, 4) is 0 Å². The first-order valence-corrected chi connectivity index (χ1v) is 5.19. The van der Waals surface area contributed by atoms with E-state index in [-0.39, 0.29) is 0 Å². The molecule has 13 heavy (non-hydrogen) atoms. The smallest absolute Gasteiger partial charge is 0.0481 e. The van der Waals surface area contributed by atoms with Gasteiger partial charge in [0.1, 0.15) is 0 Å². The van der Waals surface area contributed by atoms with Crippen molar-refractivity contribution in [2.45, 2.75) is 13.1 Å². The maximum Gasteiger partial charge on any atom is 0.0481 e. The number of hydrogen-bond donors (Lipinski definition) is 1. The Balaban J connectivity index is 2.18. The highest BCUT2D eigenvalue weighted by atomic mass is 32.1. The van der Waals surface area contributed by atoms with Crippen molar-refractivity contribution < 1.29 is 0 Å². The third kappa shape index (κ3) is 1.82. The van der Waals surface area contributed by atoms with Gasteiger partial charge in [0, 0.05) is 25.0 Å². The number of aromatic nitrogens is 1. The SMILES string of the molecule is NCc1cccn1Cc1ccsc1. The molecule has 0 aliphatic rings. The minimum absolute atomic E-state index is 0.608. The normalized spacial score (nSPS) is 10.5. The third-order valence-corrected chi connectivity index (χ3v) is 2.80. The van der Waals surface area contributed by atoms with Gasteiger partial charge in [-0.3, -0.25) is 0 Å². The number of rotatable bonds is 3. The average molecular weight is 192 g/mol. The molecule has 2 N–H and O–H groups in total. The van der Waals surface area contributed by atoms with Crippen LogP contribution in [0.15, 0.2) is 35.2 Å². The van der Waals surface area contributed by atoms with Crippen LogP contribution in [0.3, 0.4) is 0 Å². The average Bonchev–Trinajstić information content (AvgIpc) is 2.76. The lowest BCUT2D eigenvalue weighted by molar-refractivity contribution is 0.746. The molecule has 0 fully saturated rings. The van der Waals surface area contributed by atoms with Crippen LogP contribution in [0.4, 0.5) is 0 Å². The Labute approximate surface area is 81.6 Å². The highest BCUT2D eigenvalue weighted by Crippen LogP contribution is 2.10. The van der Waals surface area contributed by atoms with Gasteiger partial charge < -0.3 is 10.3 Å². The van der Waals surface area contributed by atoms with E-state index in [1.807, 2.05) is 6.07 Å². The first-order valence-electron chi connectivity index (χ1n) is 4.25. The maximum absolute atomic E-state index is 5.61. The predicted molar refractivity (Wildman–Crippen MR) is 55.7 cm³/mol. The van der Waals surface area contributed by atoms with E-state index in [4.69, 9.17) is 5.73 Å². The largest absolute Gasteiger partial charge is 0.346 e. The summed E-state index contributed by atoms with van der Waals surface area (Å²) in [6, 6.07) is 6.24. The van der Waals surface area contributed by atoms with Gasteiger partial charge in [-0.05, 0) is 34.5 Å². The summed E-state index contributed by atoms with van der Waals surface area (Å²) in [7, 11) is 0. The lowest BCUT2D eigenvalue weighted by atomic mass is 10.3. The fourth-order valence-electron chi connectivity index (χ4n) is 1.37. The van der Waals surface area contributed by atoms with Gasteiger partial charge in [0.25, 0.3) is 0 Å². The zero-order valence-electron chi connectivity index (χ0n) is 7.31. The molecule has 0 unspecified atom stereocenters. The quantitative estimate of drug-likeness (QED) is 0.793. The Morgan fingerprint density at radius 3 is 3.00 bits per heavy atom. The van der Waals surface area contributed by atoms with Crippen LogP contribution in [-0.4, -0.2) is 4.57 Å². The van der Waals surface area contributed by atoms with E-state index < -0.39 is 0 Å². The first kappa shape index (κ1) is 8.53. The van der Waals surface area contributed by atoms with Crippen LogP contribution >= 0.6 is 11.3 Å². The van der Waals surface area contributed by atoms with Crippen molar-refractivity contribution in [2.24, 2.45) is 5.73 Å². The fourth-order valence-corrected chi connectivity index (χ4v) is 2.03. The lowest BCUT2D eigenvalue weighted by Gasteiger charge is -2.05. The summed E-state index contributed by atoms with van der Waals surface area (Å²) < 4.78 is 2.18. The van der Waals surface area contributed by atoms with Gasteiger partial charge in [0.15, 0.2) is 0 Å². The van der Waals surface area contributed by atoms with E-state index >= 15 is 0 Å². The Morgan fingerprint density at radius 2 is 2.31 bits per heavy atom. The molecule has 3 heteroatoms. The molecule has 0 aromatic carbocycles. The van der Waals surface area contributed by atoms with Crippen molar-refractivity contribution in [3.63, 3.8) is 0 Å². The highest BCUT2D eigenvalue weighted by Gasteiger charge is 1.99. The molecule has 0 amide bonds. The number of thiophene rings is 1. The van der Waals surface area contributed by atoms with Gasteiger partial charge in [-0.2, -0.15) is 11.3 Å². The van der Waals surface area contributed by atoms with Gasteiger partial charge in [-0.1, -0.05) is 0 Å². The van der Waals surface area contributed by atoms with Gasteiger partial charge in [-0.25, -0.2) is 0 Å². The summed E-state index contributed by atoms with van der Waals surface area (Å²) >= 11 is 1.73. The van der Waals surface area contributed by atoms with Crippen LogP contribution in [0.5, 0.6) is 0 Å². The van der Waals surface area contributed by atoms with Crippen LogP contribution < -0.4 is 5.73 Å². The second-order valence-corrected chi connectivity index (χ2v) is 3.74. The molecule has 68 valence electrons. The van der Waals surface area contributed by atoms with E-state index in [0.29, 0.717) is 6.54 Å². The predicted octanol–water partition coefficient (Wildman–Crippen LogP) is 2.06. The van der Waals surface area contributed by atoms with E-state index in [1.54, 1.807) is 11.3 Å². The Hall–Kier alpha value is -1.06. The van der Waals surface area contributed by atoms with Gasteiger partial charge in [0.2, 0.25) is 0 Å². The summed E-state index contributed by atoms with van der Waals surface area (Å²) in [5, 5.41) is 4.27. The zero-order valence-corrected chi connectivity index (χ0v) is 8.13. The van der Waals surface area contributed by atoms with Gasteiger partial charge in [-0.15, -0.1) is 0 Å². The Kier molecular flexibility index (Phi) is 2.47. The van der Waals surface area contributed by atoms with Crippen molar-refractivity contribution in [1.82, 2.24) is 4.57 Å². The molecular weight excluding hydrogens is 180 g/mol. The molecule has 2 aromatic heterocycles. The topological polar surface area (TPSA) is 30.9 Å². The van der Waals surface area contributed by atoms with Crippen LogP contribution in [0.25, 0.3) is 0 Å².